The molecule has 0 saturated heterocycles. The van der Waals surface area contributed by atoms with E-state index in [1.165, 1.54) is 5.56 Å². The van der Waals surface area contributed by atoms with Crippen molar-refractivity contribution in [3.05, 3.63) is 28.6 Å². The molecule has 3 heteroatoms. The third-order valence-electron chi connectivity index (χ3n) is 2.62. The van der Waals surface area contributed by atoms with E-state index in [2.05, 4.69) is 31.0 Å². The molecule has 0 aliphatic carbocycles. The van der Waals surface area contributed by atoms with Gasteiger partial charge in [-0.1, -0.05) is 19.9 Å². The number of fused-ring (bicyclic) bond motifs is 1. The van der Waals surface area contributed by atoms with Crippen LogP contribution >= 0.6 is 12.2 Å². The lowest BCUT2D eigenvalue weighted by molar-refractivity contribution is 0.583. The van der Waals surface area contributed by atoms with Crippen LogP contribution in [0.15, 0.2) is 22.6 Å². The van der Waals surface area contributed by atoms with E-state index in [1.807, 2.05) is 6.07 Å². The fourth-order valence-electron chi connectivity index (χ4n) is 1.51. The maximum atomic E-state index is 5.30. The predicted octanol–water partition coefficient (Wildman–Crippen LogP) is 4.00. The van der Waals surface area contributed by atoms with Gasteiger partial charge in [-0.15, -0.1) is 0 Å². The summed E-state index contributed by atoms with van der Waals surface area (Å²) < 4.78 is 5.30. The van der Waals surface area contributed by atoms with Gasteiger partial charge in [-0.2, -0.15) is 0 Å². The minimum Gasteiger partial charge on any atom is -0.429 e. The molecular formula is C11H13NOS. The number of aromatic amines is 1. The lowest BCUT2D eigenvalue weighted by atomic mass is 9.98. The Morgan fingerprint density at radius 1 is 1.50 bits per heavy atom. The third kappa shape index (κ3) is 1.60. The molecule has 74 valence electrons. The normalized spacial score (nSPS) is 13.3. The molecule has 0 saturated carbocycles. The van der Waals surface area contributed by atoms with Gasteiger partial charge >= 0.3 is 0 Å². The molecule has 0 radical (unpaired) electrons. The van der Waals surface area contributed by atoms with Gasteiger partial charge in [0.25, 0.3) is 4.84 Å². The van der Waals surface area contributed by atoms with Gasteiger partial charge in [0.1, 0.15) is 0 Å². The Morgan fingerprint density at radius 3 is 3.00 bits per heavy atom. The second kappa shape index (κ2) is 3.58. The molecule has 0 spiro atoms. The average Bonchev–Trinajstić information content (AvgIpc) is 2.55. The Morgan fingerprint density at radius 2 is 2.29 bits per heavy atom. The molecule has 1 atom stereocenters. The molecule has 2 nitrogen and oxygen atoms in total. The lowest BCUT2D eigenvalue weighted by Gasteiger charge is -2.07. The van der Waals surface area contributed by atoms with Gasteiger partial charge in [0, 0.05) is 0 Å². The van der Waals surface area contributed by atoms with Crippen LogP contribution in [0.2, 0.25) is 0 Å². The Balaban J connectivity index is 2.55. The fourth-order valence-corrected chi connectivity index (χ4v) is 1.71. The standard InChI is InChI=1S/C11H13NOS/c1-3-7(2)8-4-5-10-9(6-8)12-11(14)13-10/h4-7H,3H2,1-2H3,(H,12,14). The third-order valence-corrected chi connectivity index (χ3v) is 2.81. The van der Waals surface area contributed by atoms with E-state index in [0.717, 1.165) is 17.5 Å². The van der Waals surface area contributed by atoms with E-state index in [0.29, 0.717) is 10.8 Å². The zero-order valence-electron chi connectivity index (χ0n) is 8.33. The summed E-state index contributed by atoms with van der Waals surface area (Å²) in [6, 6.07) is 6.19. The maximum Gasteiger partial charge on any atom is 0.266 e. The van der Waals surface area contributed by atoms with E-state index < -0.39 is 0 Å². The Labute approximate surface area is 87.9 Å². The van der Waals surface area contributed by atoms with Crippen molar-refractivity contribution in [3.63, 3.8) is 0 Å². The molecule has 0 fully saturated rings. The summed E-state index contributed by atoms with van der Waals surface area (Å²) in [4.78, 5) is 3.47. The number of nitrogens with one attached hydrogen (secondary N) is 1. The topological polar surface area (TPSA) is 28.9 Å². The molecule has 0 bridgehead atoms. The summed E-state index contributed by atoms with van der Waals surface area (Å²) in [5.41, 5.74) is 3.15. The van der Waals surface area contributed by atoms with Crippen LogP contribution in [0.3, 0.4) is 0 Å². The molecule has 1 aromatic carbocycles. The van der Waals surface area contributed by atoms with Crippen LogP contribution in [-0.4, -0.2) is 4.98 Å². The first-order valence-corrected chi connectivity index (χ1v) is 5.24. The highest BCUT2D eigenvalue weighted by Gasteiger charge is 2.05. The van der Waals surface area contributed by atoms with Gasteiger partial charge in [-0.05, 0) is 42.3 Å². The first-order valence-electron chi connectivity index (χ1n) is 4.83. The molecule has 1 unspecified atom stereocenters. The number of rotatable bonds is 2. The van der Waals surface area contributed by atoms with Gasteiger partial charge in [-0.3, -0.25) is 0 Å². The minimum atomic E-state index is 0.446. The van der Waals surface area contributed by atoms with Gasteiger partial charge in [0.2, 0.25) is 0 Å². The molecule has 1 heterocycles. The largest absolute Gasteiger partial charge is 0.429 e. The average molecular weight is 207 g/mol. The van der Waals surface area contributed by atoms with Crippen LogP contribution in [-0.2, 0) is 0 Å². The first kappa shape index (κ1) is 9.46. The number of H-pyrrole nitrogens is 1. The summed E-state index contributed by atoms with van der Waals surface area (Å²) in [7, 11) is 0. The number of oxazole rings is 1. The van der Waals surface area contributed by atoms with E-state index in [1.54, 1.807) is 0 Å². The lowest BCUT2D eigenvalue weighted by Crippen LogP contribution is -1.90. The van der Waals surface area contributed by atoms with Crippen molar-refractivity contribution in [1.29, 1.82) is 0 Å². The zero-order chi connectivity index (χ0) is 10.1. The van der Waals surface area contributed by atoms with Crippen LogP contribution in [0.25, 0.3) is 11.1 Å². The highest BCUT2D eigenvalue weighted by molar-refractivity contribution is 7.71. The fraction of sp³-hybridized carbons (Fsp3) is 0.364. The molecule has 0 amide bonds. The van der Waals surface area contributed by atoms with Crippen LogP contribution in [0.1, 0.15) is 31.7 Å². The van der Waals surface area contributed by atoms with Crippen LogP contribution in [0.4, 0.5) is 0 Å². The Bertz CT molecular complexity index is 497. The number of hydrogen-bond donors (Lipinski definition) is 1. The Kier molecular flexibility index (Phi) is 2.42. The van der Waals surface area contributed by atoms with Crippen LogP contribution in [0, 0.1) is 4.84 Å². The first-order chi connectivity index (χ1) is 6.70. The molecule has 0 aliphatic heterocycles. The van der Waals surface area contributed by atoms with E-state index in [4.69, 9.17) is 16.6 Å². The molecular weight excluding hydrogens is 194 g/mol. The van der Waals surface area contributed by atoms with Crippen LogP contribution in [0.5, 0.6) is 0 Å². The molecule has 2 rings (SSSR count). The predicted molar refractivity (Wildman–Crippen MR) is 60.1 cm³/mol. The van der Waals surface area contributed by atoms with Crippen molar-refractivity contribution in [3.8, 4) is 0 Å². The second-order valence-corrected chi connectivity index (χ2v) is 3.95. The van der Waals surface area contributed by atoms with Crippen molar-refractivity contribution in [1.82, 2.24) is 4.98 Å². The van der Waals surface area contributed by atoms with Crippen LogP contribution < -0.4 is 0 Å². The Hall–Kier alpha value is -1.09. The molecule has 14 heavy (non-hydrogen) atoms. The molecule has 1 aromatic heterocycles. The summed E-state index contributed by atoms with van der Waals surface area (Å²) in [5, 5.41) is 0. The molecule has 0 aliphatic rings. The van der Waals surface area contributed by atoms with E-state index >= 15 is 0 Å². The highest BCUT2D eigenvalue weighted by atomic mass is 32.1. The smallest absolute Gasteiger partial charge is 0.266 e. The molecule has 1 N–H and O–H groups in total. The molecule has 2 aromatic rings. The van der Waals surface area contributed by atoms with Gasteiger partial charge in [-0.25, -0.2) is 0 Å². The van der Waals surface area contributed by atoms with Crippen molar-refractivity contribution >= 4 is 23.3 Å². The SMILES string of the molecule is CCC(C)c1ccc2oc(=S)[nH]c2c1. The van der Waals surface area contributed by atoms with Crippen molar-refractivity contribution in [2.75, 3.05) is 0 Å². The summed E-state index contributed by atoms with van der Waals surface area (Å²) in [6.45, 7) is 4.41. The minimum absolute atomic E-state index is 0.446. The maximum absolute atomic E-state index is 5.30. The van der Waals surface area contributed by atoms with Gasteiger partial charge in [0.05, 0.1) is 5.52 Å². The highest BCUT2D eigenvalue weighted by Crippen LogP contribution is 2.23. The monoisotopic (exact) mass is 207 g/mol. The van der Waals surface area contributed by atoms with Crippen molar-refractivity contribution in [2.24, 2.45) is 0 Å². The van der Waals surface area contributed by atoms with E-state index in [9.17, 15) is 0 Å². The number of hydrogen-bond acceptors (Lipinski definition) is 2. The number of aromatic nitrogens is 1. The van der Waals surface area contributed by atoms with Gasteiger partial charge in [0.15, 0.2) is 5.58 Å². The van der Waals surface area contributed by atoms with E-state index in [-0.39, 0.29) is 0 Å². The van der Waals surface area contributed by atoms with Gasteiger partial charge < -0.3 is 9.40 Å². The second-order valence-electron chi connectivity index (χ2n) is 3.58. The number of benzene rings is 1. The quantitative estimate of drug-likeness (QED) is 0.754. The van der Waals surface area contributed by atoms with Crippen molar-refractivity contribution < 1.29 is 4.42 Å². The summed E-state index contributed by atoms with van der Waals surface area (Å²) in [5.74, 6) is 0.580. The zero-order valence-corrected chi connectivity index (χ0v) is 9.15. The van der Waals surface area contributed by atoms with Crippen molar-refractivity contribution in [2.45, 2.75) is 26.2 Å². The summed E-state index contributed by atoms with van der Waals surface area (Å²) >= 11 is 4.93. The summed E-state index contributed by atoms with van der Waals surface area (Å²) in [6.07, 6.45) is 1.14.